The Kier molecular flexibility index (Phi) is 4.34. The molecule has 0 amide bonds. The second kappa shape index (κ2) is 6.39. The van der Waals surface area contributed by atoms with Crippen LogP contribution in [0.1, 0.15) is 32.6 Å². The molecule has 1 aromatic heterocycles. The molecule has 2 aromatic rings. The molecule has 2 N–H and O–H groups in total. The van der Waals surface area contributed by atoms with E-state index in [0.717, 1.165) is 16.6 Å². The summed E-state index contributed by atoms with van der Waals surface area (Å²) in [6.07, 6.45) is 6.94. The van der Waals surface area contributed by atoms with E-state index in [9.17, 15) is 0 Å². The van der Waals surface area contributed by atoms with Crippen molar-refractivity contribution in [3.63, 3.8) is 0 Å². The number of rotatable bonds is 2. The summed E-state index contributed by atoms with van der Waals surface area (Å²) in [5.74, 6) is 0.684. The molecule has 0 unspecified atom stereocenters. The van der Waals surface area contributed by atoms with E-state index >= 15 is 0 Å². The van der Waals surface area contributed by atoms with E-state index in [4.69, 9.17) is 12.2 Å². The van der Waals surface area contributed by atoms with Crippen molar-refractivity contribution < 1.29 is 0 Å². The number of benzene rings is 1. The van der Waals surface area contributed by atoms with Crippen molar-refractivity contribution in [1.29, 1.82) is 0 Å². The van der Waals surface area contributed by atoms with Crippen molar-refractivity contribution in [2.75, 3.05) is 5.32 Å². The van der Waals surface area contributed by atoms with Crippen molar-refractivity contribution >= 4 is 33.9 Å². The number of para-hydroxylation sites is 1. The van der Waals surface area contributed by atoms with Crippen LogP contribution in [0.2, 0.25) is 0 Å². The Bertz CT molecular complexity index is 635. The number of pyridine rings is 1. The topological polar surface area (TPSA) is 37.0 Å². The van der Waals surface area contributed by atoms with Gasteiger partial charge >= 0.3 is 0 Å². The number of fused-ring (bicyclic) bond motifs is 1. The van der Waals surface area contributed by atoms with Gasteiger partial charge in [0.05, 0.1) is 11.2 Å². The summed E-state index contributed by atoms with van der Waals surface area (Å²) >= 11 is 5.48. The van der Waals surface area contributed by atoms with Gasteiger partial charge in [0.2, 0.25) is 0 Å². The predicted octanol–water partition coefficient (Wildman–Crippen LogP) is 4.10. The Morgan fingerprint density at radius 1 is 1.19 bits per heavy atom. The normalized spacial score (nSPS) is 22.0. The Morgan fingerprint density at radius 2 is 2.00 bits per heavy atom. The van der Waals surface area contributed by atoms with Gasteiger partial charge in [0.25, 0.3) is 0 Å². The van der Waals surface area contributed by atoms with Gasteiger partial charge in [-0.1, -0.05) is 38.0 Å². The minimum absolute atomic E-state index is 0.488. The Balaban J connectivity index is 1.71. The number of hydrogen-bond acceptors (Lipinski definition) is 2. The highest BCUT2D eigenvalue weighted by Gasteiger charge is 2.21. The maximum Gasteiger partial charge on any atom is 0.171 e. The summed E-state index contributed by atoms with van der Waals surface area (Å²) in [5.41, 5.74) is 1.93. The lowest BCUT2D eigenvalue weighted by atomic mass is 9.86. The Hall–Kier alpha value is -1.68. The van der Waals surface area contributed by atoms with Gasteiger partial charge in [0.1, 0.15) is 0 Å². The van der Waals surface area contributed by atoms with E-state index in [-0.39, 0.29) is 0 Å². The van der Waals surface area contributed by atoms with Gasteiger partial charge in [0.15, 0.2) is 5.11 Å². The molecule has 3 nitrogen and oxygen atoms in total. The van der Waals surface area contributed by atoms with E-state index in [1.165, 1.54) is 25.7 Å². The molecule has 3 rings (SSSR count). The minimum Gasteiger partial charge on any atom is -0.359 e. The molecule has 2 atom stereocenters. The maximum absolute atomic E-state index is 5.48. The number of hydrogen-bond donors (Lipinski definition) is 2. The Morgan fingerprint density at radius 3 is 2.86 bits per heavy atom. The number of anilines is 1. The van der Waals surface area contributed by atoms with Crippen molar-refractivity contribution in [3.8, 4) is 0 Å². The van der Waals surface area contributed by atoms with E-state index < -0.39 is 0 Å². The highest BCUT2D eigenvalue weighted by Crippen LogP contribution is 2.24. The molecule has 0 saturated heterocycles. The van der Waals surface area contributed by atoms with Crippen LogP contribution in [0.4, 0.5) is 5.69 Å². The van der Waals surface area contributed by atoms with Gasteiger partial charge < -0.3 is 10.6 Å². The number of nitrogens with zero attached hydrogens (tertiary/aromatic N) is 1. The smallest absolute Gasteiger partial charge is 0.171 e. The Labute approximate surface area is 131 Å². The minimum atomic E-state index is 0.488. The van der Waals surface area contributed by atoms with Crippen LogP contribution in [-0.2, 0) is 0 Å². The van der Waals surface area contributed by atoms with Crippen LogP contribution in [0.25, 0.3) is 10.9 Å². The van der Waals surface area contributed by atoms with Gasteiger partial charge in [-0.15, -0.1) is 0 Å². The summed E-state index contributed by atoms with van der Waals surface area (Å²) in [6, 6.07) is 10.6. The molecular weight excluding hydrogens is 278 g/mol. The summed E-state index contributed by atoms with van der Waals surface area (Å²) in [7, 11) is 0. The fraction of sp³-hybridized carbons (Fsp3) is 0.412. The van der Waals surface area contributed by atoms with Crippen LogP contribution in [0.5, 0.6) is 0 Å². The molecule has 0 bridgehead atoms. The first-order valence-electron chi connectivity index (χ1n) is 7.65. The van der Waals surface area contributed by atoms with Crippen LogP contribution in [0, 0.1) is 5.92 Å². The fourth-order valence-corrected chi connectivity index (χ4v) is 3.32. The van der Waals surface area contributed by atoms with E-state index in [2.05, 4.69) is 34.7 Å². The average Bonchev–Trinajstić information content (AvgIpc) is 2.50. The van der Waals surface area contributed by atoms with Crippen molar-refractivity contribution in [2.45, 2.75) is 38.6 Å². The molecule has 1 heterocycles. The number of thiocarbonyl (C=S) groups is 1. The first-order valence-corrected chi connectivity index (χ1v) is 8.06. The summed E-state index contributed by atoms with van der Waals surface area (Å²) < 4.78 is 0. The highest BCUT2D eigenvalue weighted by molar-refractivity contribution is 7.80. The third kappa shape index (κ3) is 3.32. The fourth-order valence-electron chi connectivity index (χ4n) is 3.06. The lowest BCUT2D eigenvalue weighted by Gasteiger charge is -2.30. The summed E-state index contributed by atoms with van der Waals surface area (Å²) in [4.78, 5) is 4.45. The lowest BCUT2D eigenvalue weighted by Crippen LogP contribution is -2.43. The molecular formula is C17H21N3S. The molecule has 1 aliphatic rings. The molecule has 4 heteroatoms. The molecule has 1 aromatic carbocycles. The molecule has 1 aliphatic carbocycles. The van der Waals surface area contributed by atoms with E-state index in [1.54, 1.807) is 0 Å². The van der Waals surface area contributed by atoms with Crippen molar-refractivity contribution in [1.82, 2.24) is 10.3 Å². The highest BCUT2D eigenvalue weighted by atomic mass is 32.1. The van der Waals surface area contributed by atoms with Crippen molar-refractivity contribution in [3.05, 3.63) is 36.5 Å². The molecule has 0 spiro atoms. The molecule has 1 fully saturated rings. The van der Waals surface area contributed by atoms with E-state index in [1.807, 2.05) is 24.4 Å². The van der Waals surface area contributed by atoms with Gasteiger partial charge in [-0.05, 0) is 43.1 Å². The van der Waals surface area contributed by atoms with Crippen LogP contribution in [0.15, 0.2) is 36.5 Å². The molecule has 0 radical (unpaired) electrons. The second-order valence-electron chi connectivity index (χ2n) is 5.85. The maximum atomic E-state index is 5.48. The van der Waals surface area contributed by atoms with Crippen LogP contribution in [-0.4, -0.2) is 16.1 Å². The molecule has 0 aliphatic heterocycles. The van der Waals surface area contributed by atoms with E-state index in [0.29, 0.717) is 17.1 Å². The van der Waals surface area contributed by atoms with Crippen molar-refractivity contribution in [2.24, 2.45) is 5.92 Å². The zero-order chi connectivity index (χ0) is 14.7. The third-order valence-corrected chi connectivity index (χ3v) is 4.53. The zero-order valence-corrected chi connectivity index (χ0v) is 13.1. The van der Waals surface area contributed by atoms with Crippen LogP contribution in [0.3, 0.4) is 0 Å². The standard InChI is InChI=1S/C17H21N3S/c1-12-6-2-3-9-14(12)19-17(21)20-15-10-4-7-13-8-5-11-18-16(13)15/h4-5,7-8,10-12,14H,2-3,6,9H2,1H3,(H2,19,20,21)/t12-,14-/m1/s1. The quantitative estimate of drug-likeness (QED) is 0.819. The summed E-state index contributed by atoms with van der Waals surface area (Å²) in [5, 5.41) is 8.61. The SMILES string of the molecule is C[C@@H]1CCCC[C@H]1NC(=S)Nc1cccc2cccnc12. The lowest BCUT2D eigenvalue weighted by molar-refractivity contribution is 0.309. The summed E-state index contributed by atoms with van der Waals surface area (Å²) in [6.45, 7) is 2.30. The van der Waals surface area contributed by atoms with Crippen LogP contribution < -0.4 is 10.6 Å². The average molecular weight is 299 g/mol. The van der Waals surface area contributed by atoms with Gasteiger partial charge in [-0.3, -0.25) is 4.98 Å². The third-order valence-electron chi connectivity index (χ3n) is 4.31. The zero-order valence-electron chi connectivity index (χ0n) is 12.3. The number of nitrogens with one attached hydrogen (secondary N) is 2. The molecule has 21 heavy (non-hydrogen) atoms. The number of aromatic nitrogens is 1. The predicted molar refractivity (Wildman–Crippen MR) is 92.5 cm³/mol. The molecule has 110 valence electrons. The molecule has 1 saturated carbocycles. The van der Waals surface area contributed by atoms with Gasteiger partial charge in [-0.2, -0.15) is 0 Å². The second-order valence-corrected chi connectivity index (χ2v) is 6.26. The first-order chi connectivity index (χ1) is 10.2. The largest absolute Gasteiger partial charge is 0.359 e. The first kappa shape index (κ1) is 14.3. The van der Waals surface area contributed by atoms with Gasteiger partial charge in [0, 0.05) is 17.6 Å². The van der Waals surface area contributed by atoms with Gasteiger partial charge in [-0.25, -0.2) is 0 Å². The van der Waals surface area contributed by atoms with Crippen LogP contribution >= 0.6 is 12.2 Å². The monoisotopic (exact) mass is 299 g/mol.